The van der Waals surface area contributed by atoms with Crippen molar-refractivity contribution in [3.8, 4) is 0 Å². The van der Waals surface area contributed by atoms with E-state index >= 15 is 0 Å². The van der Waals surface area contributed by atoms with Crippen LogP contribution in [0.25, 0.3) is 11.0 Å². The van der Waals surface area contributed by atoms with Crippen molar-refractivity contribution in [2.24, 2.45) is 11.8 Å². The number of hydrogen-bond donors (Lipinski definition) is 1. The quantitative estimate of drug-likeness (QED) is 0.735. The van der Waals surface area contributed by atoms with Gasteiger partial charge in [-0.05, 0) is 48.7 Å². The number of rotatable bonds is 3. The molecule has 1 aliphatic rings. The Morgan fingerprint density at radius 2 is 2.05 bits per heavy atom. The van der Waals surface area contributed by atoms with Crippen LogP contribution in [0.1, 0.15) is 39.0 Å². The van der Waals surface area contributed by atoms with Gasteiger partial charge in [-0.15, -0.1) is 0 Å². The third kappa shape index (κ3) is 2.94. The molecule has 0 bridgehead atoms. The fourth-order valence-electron chi connectivity index (χ4n) is 3.28. The minimum Gasteiger partial charge on any atom is -0.331 e. The van der Waals surface area contributed by atoms with Crippen LogP contribution in [0, 0.1) is 16.6 Å². The molecule has 0 radical (unpaired) electrons. The highest BCUT2D eigenvalue weighted by Crippen LogP contribution is 2.31. The zero-order valence-electron chi connectivity index (χ0n) is 11.9. The zero-order chi connectivity index (χ0) is 14.1. The van der Waals surface area contributed by atoms with Crippen molar-refractivity contribution in [3.05, 3.63) is 28.0 Å². The summed E-state index contributed by atoms with van der Waals surface area (Å²) in [4.78, 5) is 3.27. The van der Waals surface area contributed by atoms with E-state index < -0.39 is 0 Å². The molecule has 1 aromatic heterocycles. The number of fused-ring (bicyclic) bond motifs is 1. The second kappa shape index (κ2) is 5.90. The summed E-state index contributed by atoms with van der Waals surface area (Å²) in [7, 11) is 0. The largest absolute Gasteiger partial charge is 0.331 e. The average Bonchev–Trinajstić information content (AvgIpc) is 2.73. The normalized spacial score (nSPS) is 23.3. The topological polar surface area (TPSA) is 20.7 Å². The first-order valence-corrected chi connectivity index (χ1v) is 8.30. The maximum absolute atomic E-state index is 6.10. The minimum absolute atomic E-state index is 0.770. The molecule has 1 aliphatic carbocycles. The van der Waals surface area contributed by atoms with E-state index in [1.807, 2.05) is 18.2 Å². The summed E-state index contributed by atoms with van der Waals surface area (Å²) in [6.07, 6.45) is 6.74. The lowest BCUT2D eigenvalue weighted by Gasteiger charge is -2.26. The maximum atomic E-state index is 6.10. The van der Waals surface area contributed by atoms with Gasteiger partial charge in [-0.1, -0.05) is 44.2 Å². The molecule has 2 nitrogen and oxygen atoms in total. The molecule has 108 valence electrons. The first kappa shape index (κ1) is 14.2. The molecule has 20 heavy (non-hydrogen) atoms. The molecule has 3 rings (SSSR count). The number of aromatic nitrogens is 2. The highest BCUT2D eigenvalue weighted by atomic mass is 35.5. The standard InChI is InChI=1S/C16H21ClN2S/c1-11-2-4-12(5-3-11)8-9-19-15-10-13(17)6-7-14(15)18-16(19)20/h6-7,10-12H,2-5,8-9H2,1H3,(H,18,20). The van der Waals surface area contributed by atoms with Crippen molar-refractivity contribution >= 4 is 34.9 Å². The number of aromatic amines is 1. The Bertz CT molecular complexity index is 650. The summed E-state index contributed by atoms with van der Waals surface area (Å²) >= 11 is 11.5. The Kier molecular flexibility index (Phi) is 4.18. The van der Waals surface area contributed by atoms with E-state index in [2.05, 4.69) is 16.5 Å². The van der Waals surface area contributed by atoms with Gasteiger partial charge in [0.25, 0.3) is 0 Å². The number of H-pyrrole nitrogens is 1. The van der Waals surface area contributed by atoms with Gasteiger partial charge in [0.15, 0.2) is 4.77 Å². The number of hydrogen-bond acceptors (Lipinski definition) is 1. The third-order valence-corrected chi connectivity index (χ3v) is 5.19. The van der Waals surface area contributed by atoms with Crippen molar-refractivity contribution in [3.63, 3.8) is 0 Å². The van der Waals surface area contributed by atoms with Crippen molar-refractivity contribution in [1.29, 1.82) is 0 Å². The molecule has 0 amide bonds. The molecule has 1 N–H and O–H groups in total. The number of aryl methyl sites for hydroxylation is 1. The van der Waals surface area contributed by atoms with E-state index in [9.17, 15) is 0 Å². The molecule has 0 saturated heterocycles. The highest BCUT2D eigenvalue weighted by molar-refractivity contribution is 7.71. The SMILES string of the molecule is CC1CCC(CCn2c(=S)[nH]c3ccc(Cl)cc32)CC1. The van der Waals surface area contributed by atoms with Crippen molar-refractivity contribution < 1.29 is 0 Å². The number of halogens is 1. The molecule has 1 saturated carbocycles. The minimum atomic E-state index is 0.770. The smallest absolute Gasteiger partial charge is 0.178 e. The van der Waals surface area contributed by atoms with Crippen LogP contribution in [0.15, 0.2) is 18.2 Å². The first-order valence-electron chi connectivity index (χ1n) is 7.51. The van der Waals surface area contributed by atoms with Crippen LogP contribution < -0.4 is 0 Å². The number of imidazole rings is 1. The molecule has 1 fully saturated rings. The Balaban J connectivity index is 1.75. The van der Waals surface area contributed by atoms with Crippen LogP contribution in [0.3, 0.4) is 0 Å². The van der Waals surface area contributed by atoms with Crippen molar-refractivity contribution in [2.45, 2.75) is 45.6 Å². The van der Waals surface area contributed by atoms with E-state index in [-0.39, 0.29) is 0 Å². The van der Waals surface area contributed by atoms with Crippen LogP contribution in [-0.2, 0) is 6.54 Å². The lowest BCUT2D eigenvalue weighted by atomic mass is 9.81. The first-order chi connectivity index (χ1) is 9.63. The predicted octanol–water partition coefficient (Wildman–Crippen LogP) is 5.57. The maximum Gasteiger partial charge on any atom is 0.178 e. The molecule has 1 heterocycles. The van der Waals surface area contributed by atoms with Gasteiger partial charge in [-0.2, -0.15) is 0 Å². The lowest BCUT2D eigenvalue weighted by Crippen LogP contribution is -2.14. The Labute approximate surface area is 130 Å². The van der Waals surface area contributed by atoms with Gasteiger partial charge in [0, 0.05) is 11.6 Å². The Hall–Kier alpha value is -0.800. The summed E-state index contributed by atoms with van der Waals surface area (Å²) in [5.41, 5.74) is 2.21. The molecule has 0 aliphatic heterocycles. The molecule has 0 spiro atoms. The molecular weight excluding hydrogens is 288 g/mol. The summed E-state index contributed by atoms with van der Waals surface area (Å²) < 4.78 is 3.01. The second-order valence-electron chi connectivity index (χ2n) is 6.16. The number of nitrogens with one attached hydrogen (secondary N) is 1. The van der Waals surface area contributed by atoms with E-state index in [0.717, 1.165) is 39.2 Å². The van der Waals surface area contributed by atoms with Gasteiger partial charge in [0.2, 0.25) is 0 Å². The summed E-state index contributed by atoms with van der Waals surface area (Å²) in [5, 5.41) is 0.770. The highest BCUT2D eigenvalue weighted by Gasteiger charge is 2.18. The van der Waals surface area contributed by atoms with Gasteiger partial charge in [-0.25, -0.2) is 0 Å². The monoisotopic (exact) mass is 308 g/mol. The fraction of sp³-hybridized carbons (Fsp3) is 0.562. The average molecular weight is 309 g/mol. The number of nitrogens with zero attached hydrogens (tertiary/aromatic N) is 1. The zero-order valence-corrected chi connectivity index (χ0v) is 13.4. The van der Waals surface area contributed by atoms with Gasteiger partial charge >= 0.3 is 0 Å². The Morgan fingerprint density at radius 1 is 1.30 bits per heavy atom. The van der Waals surface area contributed by atoms with Gasteiger partial charge in [0.1, 0.15) is 0 Å². The van der Waals surface area contributed by atoms with E-state index in [0.29, 0.717) is 0 Å². The van der Waals surface area contributed by atoms with Crippen molar-refractivity contribution in [1.82, 2.24) is 9.55 Å². The lowest BCUT2D eigenvalue weighted by molar-refractivity contribution is 0.269. The van der Waals surface area contributed by atoms with E-state index in [1.54, 1.807) is 0 Å². The predicted molar refractivity (Wildman–Crippen MR) is 87.9 cm³/mol. The van der Waals surface area contributed by atoms with Crippen LogP contribution in [-0.4, -0.2) is 9.55 Å². The molecule has 1 aromatic carbocycles. The molecule has 0 unspecified atom stereocenters. The fourth-order valence-corrected chi connectivity index (χ4v) is 3.74. The number of benzene rings is 1. The summed E-state index contributed by atoms with van der Waals surface area (Å²) in [6.45, 7) is 3.37. The van der Waals surface area contributed by atoms with Gasteiger partial charge < -0.3 is 9.55 Å². The molecular formula is C16H21ClN2S. The summed E-state index contributed by atoms with van der Waals surface area (Å²) in [6, 6.07) is 5.92. The molecule has 2 aromatic rings. The van der Waals surface area contributed by atoms with Crippen LogP contribution in [0.2, 0.25) is 5.02 Å². The van der Waals surface area contributed by atoms with Gasteiger partial charge in [-0.3, -0.25) is 0 Å². The van der Waals surface area contributed by atoms with Crippen LogP contribution in [0.5, 0.6) is 0 Å². The summed E-state index contributed by atoms with van der Waals surface area (Å²) in [5.74, 6) is 1.78. The molecule has 4 heteroatoms. The van der Waals surface area contributed by atoms with Crippen LogP contribution >= 0.6 is 23.8 Å². The van der Waals surface area contributed by atoms with Crippen molar-refractivity contribution in [2.75, 3.05) is 0 Å². The second-order valence-corrected chi connectivity index (χ2v) is 6.98. The van der Waals surface area contributed by atoms with Gasteiger partial charge in [0.05, 0.1) is 11.0 Å². The van der Waals surface area contributed by atoms with E-state index in [1.165, 1.54) is 32.1 Å². The van der Waals surface area contributed by atoms with Crippen LogP contribution in [0.4, 0.5) is 0 Å². The van der Waals surface area contributed by atoms with E-state index in [4.69, 9.17) is 23.8 Å². The third-order valence-electron chi connectivity index (χ3n) is 4.63. The molecule has 0 atom stereocenters. The Morgan fingerprint density at radius 3 is 2.80 bits per heavy atom.